The number of carbonyl (C=O) groups excluding carboxylic acids is 4. The molecule has 178 valence electrons. The van der Waals surface area contributed by atoms with E-state index in [1.54, 1.807) is 66.7 Å². The second kappa shape index (κ2) is 11.1. The summed E-state index contributed by atoms with van der Waals surface area (Å²) < 4.78 is 15.9. The van der Waals surface area contributed by atoms with Crippen LogP contribution in [0.25, 0.3) is 0 Å². The third-order valence-corrected chi connectivity index (χ3v) is 5.27. The molecule has 1 amide bonds. The minimum Gasteiger partial charge on any atom is -0.486 e. The van der Waals surface area contributed by atoms with Crippen molar-refractivity contribution < 1.29 is 33.4 Å². The number of anilines is 1. The molecule has 0 saturated carbocycles. The summed E-state index contributed by atoms with van der Waals surface area (Å²) in [6.07, 6.45) is -0.252. The third kappa shape index (κ3) is 6.11. The summed E-state index contributed by atoms with van der Waals surface area (Å²) in [4.78, 5) is 49.6. The van der Waals surface area contributed by atoms with Crippen molar-refractivity contribution in [3.05, 3.63) is 89.5 Å². The third-order valence-electron chi connectivity index (χ3n) is 5.27. The fraction of sp³-hybridized carbons (Fsp3) is 0.185. The van der Waals surface area contributed by atoms with Gasteiger partial charge in [0.15, 0.2) is 29.7 Å². The summed E-state index contributed by atoms with van der Waals surface area (Å²) in [6.45, 7) is 0.323. The van der Waals surface area contributed by atoms with Crippen molar-refractivity contribution in [1.29, 1.82) is 0 Å². The summed E-state index contributed by atoms with van der Waals surface area (Å²) >= 11 is 0. The molecule has 0 unspecified atom stereocenters. The van der Waals surface area contributed by atoms with Crippen LogP contribution in [0.2, 0.25) is 0 Å². The molecule has 0 aromatic heterocycles. The lowest BCUT2D eigenvalue weighted by Crippen LogP contribution is -2.22. The van der Waals surface area contributed by atoms with Gasteiger partial charge in [-0.25, -0.2) is 0 Å². The zero-order chi connectivity index (χ0) is 24.6. The highest BCUT2D eigenvalue weighted by Crippen LogP contribution is 2.31. The molecule has 1 aliphatic rings. The molecule has 0 atom stereocenters. The van der Waals surface area contributed by atoms with Gasteiger partial charge >= 0.3 is 5.97 Å². The maximum absolute atomic E-state index is 12.8. The molecule has 8 nitrogen and oxygen atoms in total. The molecule has 1 N–H and O–H groups in total. The first kappa shape index (κ1) is 23.7. The quantitative estimate of drug-likeness (QED) is 0.372. The first-order valence-electron chi connectivity index (χ1n) is 11.1. The summed E-state index contributed by atoms with van der Waals surface area (Å²) in [5.41, 5.74) is 1.53. The Labute approximate surface area is 201 Å². The van der Waals surface area contributed by atoms with Gasteiger partial charge < -0.3 is 19.5 Å². The van der Waals surface area contributed by atoms with E-state index in [1.165, 1.54) is 0 Å². The Balaban J connectivity index is 1.27. The Kier molecular flexibility index (Phi) is 7.52. The van der Waals surface area contributed by atoms with Crippen LogP contribution in [0, 0.1) is 0 Å². The number of Topliss-reactive ketones (excluding diaryl/α,β-unsaturated/α-hetero) is 1. The number of para-hydroxylation sites is 1. The van der Waals surface area contributed by atoms with Crippen molar-refractivity contribution in [1.82, 2.24) is 0 Å². The van der Waals surface area contributed by atoms with Gasteiger partial charge in [-0.3, -0.25) is 19.2 Å². The number of ketones is 2. The van der Waals surface area contributed by atoms with Crippen LogP contribution in [-0.2, 0) is 14.3 Å². The predicted octanol–water partition coefficient (Wildman–Crippen LogP) is 3.83. The summed E-state index contributed by atoms with van der Waals surface area (Å²) in [5.74, 6) is -0.699. The average molecular weight is 473 g/mol. The van der Waals surface area contributed by atoms with Crippen LogP contribution in [0.5, 0.6) is 11.5 Å². The zero-order valence-corrected chi connectivity index (χ0v) is 18.8. The molecule has 8 heteroatoms. The lowest BCUT2D eigenvalue weighted by molar-refractivity contribution is -0.147. The van der Waals surface area contributed by atoms with Crippen LogP contribution in [-0.4, -0.2) is 43.3 Å². The van der Waals surface area contributed by atoms with Gasteiger partial charge in [-0.15, -0.1) is 0 Å². The SMILES string of the molecule is O=C(COC(=O)CCC(=O)c1ccc2c(c1)OCCO2)Nc1ccccc1C(=O)c1ccccc1. The minimum absolute atomic E-state index is 0.0749. The molecular weight excluding hydrogens is 450 g/mol. The molecule has 35 heavy (non-hydrogen) atoms. The molecule has 0 radical (unpaired) electrons. The van der Waals surface area contributed by atoms with Crippen LogP contribution in [0.4, 0.5) is 5.69 Å². The summed E-state index contributed by atoms with van der Waals surface area (Å²) in [6, 6.07) is 20.2. The lowest BCUT2D eigenvalue weighted by Gasteiger charge is -2.18. The van der Waals surface area contributed by atoms with E-state index in [-0.39, 0.29) is 24.4 Å². The molecular formula is C27H23NO7. The lowest BCUT2D eigenvalue weighted by atomic mass is 10.0. The summed E-state index contributed by atoms with van der Waals surface area (Å²) in [7, 11) is 0. The zero-order valence-electron chi connectivity index (χ0n) is 18.8. The number of ether oxygens (including phenoxy) is 3. The number of hydrogen-bond donors (Lipinski definition) is 1. The highest BCUT2D eigenvalue weighted by Gasteiger charge is 2.18. The average Bonchev–Trinajstić information content (AvgIpc) is 2.90. The van der Waals surface area contributed by atoms with E-state index in [4.69, 9.17) is 14.2 Å². The fourth-order valence-electron chi connectivity index (χ4n) is 3.52. The van der Waals surface area contributed by atoms with E-state index in [0.29, 0.717) is 47.1 Å². The molecule has 0 aliphatic carbocycles. The van der Waals surface area contributed by atoms with Crippen molar-refractivity contribution in [3.8, 4) is 11.5 Å². The molecule has 3 aromatic carbocycles. The molecule has 3 aromatic rings. The first-order valence-corrected chi connectivity index (χ1v) is 11.1. The maximum Gasteiger partial charge on any atom is 0.306 e. The van der Waals surface area contributed by atoms with Gasteiger partial charge in [-0.2, -0.15) is 0 Å². The molecule has 0 saturated heterocycles. The van der Waals surface area contributed by atoms with Crippen molar-refractivity contribution in [2.45, 2.75) is 12.8 Å². The molecule has 0 bridgehead atoms. The van der Waals surface area contributed by atoms with E-state index in [1.807, 2.05) is 6.07 Å². The number of esters is 1. The van der Waals surface area contributed by atoms with E-state index >= 15 is 0 Å². The van der Waals surface area contributed by atoms with Gasteiger partial charge in [-0.05, 0) is 30.3 Å². The predicted molar refractivity (Wildman–Crippen MR) is 127 cm³/mol. The van der Waals surface area contributed by atoms with Gasteiger partial charge in [0.05, 0.1) is 12.1 Å². The highest BCUT2D eigenvalue weighted by atomic mass is 16.6. The maximum atomic E-state index is 12.8. The second-order valence-corrected chi connectivity index (χ2v) is 7.73. The van der Waals surface area contributed by atoms with Gasteiger partial charge in [0.2, 0.25) is 0 Å². The van der Waals surface area contributed by atoms with Crippen molar-refractivity contribution in [2.75, 3.05) is 25.1 Å². The standard InChI is InChI=1S/C27H23NO7/c29-22(19-10-12-23-24(16-19)34-15-14-33-23)11-13-26(31)35-17-25(30)28-21-9-5-4-8-20(21)27(32)18-6-2-1-3-7-18/h1-10,12,16H,11,13-15,17H2,(H,28,30). The molecule has 1 heterocycles. The number of rotatable bonds is 9. The van der Waals surface area contributed by atoms with Crippen LogP contribution < -0.4 is 14.8 Å². The Morgan fingerprint density at radius 1 is 0.771 bits per heavy atom. The van der Waals surface area contributed by atoms with Gasteiger partial charge in [0.1, 0.15) is 13.2 Å². The minimum atomic E-state index is -0.681. The molecule has 4 rings (SSSR count). The summed E-state index contributed by atoms with van der Waals surface area (Å²) in [5, 5.41) is 2.61. The van der Waals surface area contributed by atoms with Gasteiger partial charge in [-0.1, -0.05) is 42.5 Å². The van der Waals surface area contributed by atoms with Crippen LogP contribution in [0.3, 0.4) is 0 Å². The van der Waals surface area contributed by atoms with E-state index < -0.39 is 18.5 Å². The normalized spacial score (nSPS) is 11.9. The van der Waals surface area contributed by atoms with Crippen LogP contribution >= 0.6 is 0 Å². The molecule has 1 aliphatic heterocycles. The second-order valence-electron chi connectivity index (χ2n) is 7.73. The van der Waals surface area contributed by atoms with E-state index in [2.05, 4.69) is 5.32 Å². The van der Waals surface area contributed by atoms with E-state index in [9.17, 15) is 19.2 Å². The number of fused-ring (bicyclic) bond motifs is 1. The van der Waals surface area contributed by atoms with E-state index in [0.717, 1.165) is 0 Å². The van der Waals surface area contributed by atoms with Gasteiger partial charge in [0, 0.05) is 23.1 Å². The van der Waals surface area contributed by atoms with Crippen molar-refractivity contribution >= 4 is 29.1 Å². The monoisotopic (exact) mass is 473 g/mol. The number of benzene rings is 3. The first-order chi connectivity index (χ1) is 17.0. The fourth-order valence-corrected chi connectivity index (χ4v) is 3.52. The Morgan fingerprint density at radius 2 is 1.49 bits per heavy atom. The highest BCUT2D eigenvalue weighted by molar-refractivity contribution is 6.13. The van der Waals surface area contributed by atoms with Gasteiger partial charge in [0.25, 0.3) is 5.91 Å². The molecule has 0 spiro atoms. The van der Waals surface area contributed by atoms with Crippen LogP contribution in [0.1, 0.15) is 39.1 Å². The topological polar surface area (TPSA) is 108 Å². The number of nitrogens with one attached hydrogen (secondary N) is 1. The number of hydrogen-bond acceptors (Lipinski definition) is 7. The smallest absolute Gasteiger partial charge is 0.306 e. The Morgan fingerprint density at radius 3 is 2.29 bits per heavy atom. The largest absolute Gasteiger partial charge is 0.486 e. The Bertz CT molecular complexity index is 1250. The van der Waals surface area contributed by atoms with Crippen molar-refractivity contribution in [3.63, 3.8) is 0 Å². The number of amides is 1. The Hall–Kier alpha value is -4.46. The number of carbonyl (C=O) groups is 4. The molecule has 0 fully saturated rings. The van der Waals surface area contributed by atoms with Crippen LogP contribution in [0.15, 0.2) is 72.8 Å². The van der Waals surface area contributed by atoms with Crippen molar-refractivity contribution in [2.24, 2.45) is 0 Å².